The molecule has 0 radical (unpaired) electrons. The lowest BCUT2D eigenvalue weighted by atomic mass is 9.85. The molecule has 2 aliphatic rings. The number of anilines is 2. The van der Waals surface area contributed by atoms with Gasteiger partial charge in [-0.25, -0.2) is 19.9 Å². The van der Waals surface area contributed by atoms with Gasteiger partial charge in [-0.05, 0) is 38.7 Å². The van der Waals surface area contributed by atoms with E-state index >= 15 is 0 Å². The van der Waals surface area contributed by atoms with Gasteiger partial charge in [0.2, 0.25) is 0 Å². The Bertz CT molecular complexity index is 721. The van der Waals surface area contributed by atoms with Crippen LogP contribution in [0.2, 0.25) is 0 Å². The van der Waals surface area contributed by atoms with E-state index in [1.165, 1.54) is 19.3 Å². The first kappa shape index (κ1) is 16.2. The summed E-state index contributed by atoms with van der Waals surface area (Å²) in [6.45, 7) is 4.07. The second-order valence-corrected chi connectivity index (χ2v) is 7.25. The number of rotatable bonds is 4. The van der Waals surface area contributed by atoms with Crippen molar-refractivity contribution in [3.05, 3.63) is 36.2 Å². The van der Waals surface area contributed by atoms with Crippen molar-refractivity contribution < 1.29 is 0 Å². The predicted octanol–water partition coefficient (Wildman–Crippen LogP) is 2.95. The van der Waals surface area contributed by atoms with E-state index in [-0.39, 0.29) is 0 Å². The number of nitrogens with zero attached hydrogens (tertiary/aromatic N) is 6. The summed E-state index contributed by atoms with van der Waals surface area (Å²) >= 11 is 0. The molecule has 2 aromatic heterocycles. The van der Waals surface area contributed by atoms with E-state index < -0.39 is 0 Å². The minimum atomic E-state index is 0.512. The SMILES string of the molecule is Cc1cc(N(C)C2CCN(c3ccnc(C4CCC4)n3)CC2)ncn1. The van der Waals surface area contributed by atoms with Crippen LogP contribution in [0, 0.1) is 6.92 Å². The molecular weight excluding hydrogens is 312 g/mol. The molecule has 0 amide bonds. The van der Waals surface area contributed by atoms with E-state index in [1.54, 1.807) is 6.33 Å². The number of hydrogen-bond acceptors (Lipinski definition) is 6. The molecule has 0 unspecified atom stereocenters. The van der Waals surface area contributed by atoms with Crippen LogP contribution in [0.25, 0.3) is 0 Å². The lowest BCUT2D eigenvalue weighted by Gasteiger charge is -2.38. The Kier molecular flexibility index (Phi) is 4.51. The summed E-state index contributed by atoms with van der Waals surface area (Å²) < 4.78 is 0. The van der Waals surface area contributed by atoms with Crippen LogP contribution in [0.3, 0.4) is 0 Å². The summed E-state index contributed by atoms with van der Waals surface area (Å²) in [4.78, 5) is 22.6. The molecule has 3 heterocycles. The Morgan fingerprint density at radius 2 is 1.88 bits per heavy atom. The third-order valence-electron chi connectivity index (χ3n) is 5.62. The minimum absolute atomic E-state index is 0.512. The van der Waals surface area contributed by atoms with Crippen molar-refractivity contribution in [1.29, 1.82) is 0 Å². The standard InChI is InChI=1S/C19H26N6/c1-14-12-18(22-13-21-14)24(2)16-7-10-25(11-8-16)17-6-9-20-19(23-17)15-4-3-5-15/h6,9,12-13,15-16H,3-5,7-8,10-11H2,1-2H3. The fraction of sp³-hybridized carbons (Fsp3) is 0.579. The predicted molar refractivity (Wildman–Crippen MR) is 99.0 cm³/mol. The maximum Gasteiger partial charge on any atom is 0.133 e. The molecule has 6 nitrogen and oxygen atoms in total. The molecule has 1 aliphatic heterocycles. The van der Waals surface area contributed by atoms with Crippen LogP contribution >= 0.6 is 0 Å². The molecule has 0 bridgehead atoms. The second kappa shape index (κ2) is 6.94. The fourth-order valence-corrected chi connectivity index (χ4v) is 3.71. The quantitative estimate of drug-likeness (QED) is 0.854. The average Bonchev–Trinajstić information content (AvgIpc) is 2.60. The maximum absolute atomic E-state index is 4.84. The van der Waals surface area contributed by atoms with Crippen molar-refractivity contribution >= 4 is 11.6 Å². The van der Waals surface area contributed by atoms with Gasteiger partial charge in [0.25, 0.3) is 0 Å². The van der Waals surface area contributed by atoms with E-state index in [1.807, 2.05) is 13.1 Å². The molecule has 25 heavy (non-hydrogen) atoms. The zero-order chi connectivity index (χ0) is 17.2. The molecule has 4 rings (SSSR count). The lowest BCUT2D eigenvalue weighted by molar-refractivity contribution is 0.400. The second-order valence-electron chi connectivity index (χ2n) is 7.25. The normalized spacial score (nSPS) is 18.9. The summed E-state index contributed by atoms with van der Waals surface area (Å²) in [5.74, 6) is 3.74. The summed E-state index contributed by atoms with van der Waals surface area (Å²) in [5.41, 5.74) is 1.01. The third-order valence-corrected chi connectivity index (χ3v) is 5.62. The largest absolute Gasteiger partial charge is 0.356 e. The molecule has 0 spiro atoms. The fourth-order valence-electron chi connectivity index (χ4n) is 3.71. The minimum Gasteiger partial charge on any atom is -0.356 e. The highest BCUT2D eigenvalue weighted by atomic mass is 15.2. The van der Waals surface area contributed by atoms with Crippen LogP contribution in [-0.2, 0) is 0 Å². The van der Waals surface area contributed by atoms with Crippen LogP contribution in [0.5, 0.6) is 0 Å². The number of aromatic nitrogens is 4. The van der Waals surface area contributed by atoms with Gasteiger partial charge >= 0.3 is 0 Å². The number of aryl methyl sites for hydroxylation is 1. The number of piperidine rings is 1. The van der Waals surface area contributed by atoms with Crippen molar-refractivity contribution in [1.82, 2.24) is 19.9 Å². The summed E-state index contributed by atoms with van der Waals surface area (Å²) in [5, 5.41) is 0. The van der Waals surface area contributed by atoms with Gasteiger partial charge in [-0.2, -0.15) is 0 Å². The van der Waals surface area contributed by atoms with Crippen molar-refractivity contribution in [2.45, 2.75) is 51.0 Å². The van der Waals surface area contributed by atoms with Gasteiger partial charge in [0.15, 0.2) is 0 Å². The third kappa shape index (κ3) is 3.43. The van der Waals surface area contributed by atoms with E-state index in [4.69, 9.17) is 4.98 Å². The Labute approximate surface area is 149 Å². The highest BCUT2D eigenvalue weighted by Crippen LogP contribution is 2.35. The first-order valence-electron chi connectivity index (χ1n) is 9.30. The van der Waals surface area contributed by atoms with E-state index in [9.17, 15) is 0 Å². The van der Waals surface area contributed by atoms with Crippen LogP contribution in [-0.4, -0.2) is 46.1 Å². The van der Waals surface area contributed by atoms with Gasteiger partial charge in [0, 0.05) is 50.1 Å². The highest BCUT2D eigenvalue weighted by molar-refractivity contribution is 5.42. The van der Waals surface area contributed by atoms with Gasteiger partial charge in [-0.1, -0.05) is 6.42 Å². The van der Waals surface area contributed by atoms with Gasteiger partial charge in [0.1, 0.15) is 23.8 Å². The first-order chi connectivity index (χ1) is 12.2. The van der Waals surface area contributed by atoms with Crippen LogP contribution < -0.4 is 9.80 Å². The van der Waals surface area contributed by atoms with Gasteiger partial charge in [-0.3, -0.25) is 0 Å². The van der Waals surface area contributed by atoms with Gasteiger partial charge < -0.3 is 9.80 Å². The molecule has 2 aromatic rings. The summed E-state index contributed by atoms with van der Waals surface area (Å²) in [6, 6.07) is 4.63. The molecule has 1 saturated carbocycles. The molecule has 6 heteroatoms. The molecule has 0 atom stereocenters. The van der Waals surface area contributed by atoms with Gasteiger partial charge in [0.05, 0.1) is 0 Å². The first-order valence-corrected chi connectivity index (χ1v) is 9.30. The van der Waals surface area contributed by atoms with Crippen LogP contribution in [0.4, 0.5) is 11.6 Å². The summed E-state index contributed by atoms with van der Waals surface area (Å²) in [7, 11) is 2.14. The smallest absolute Gasteiger partial charge is 0.133 e. The van der Waals surface area contributed by atoms with Crippen molar-refractivity contribution in [3.63, 3.8) is 0 Å². The molecule has 132 valence electrons. The number of hydrogen-bond donors (Lipinski definition) is 0. The molecule has 1 saturated heterocycles. The summed E-state index contributed by atoms with van der Waals surface area (Å²) in [6.07, 6.45) is 9.61. The highest BCUT2D eigenvalue weighted by Gasteiger charge is 2.26. The molecule has 1 aliphatic carbocycles. The van der Waals surface area contributed by atoms with Crippen LogP contribution in [0.15, 0.2) is 24.7 Å². The molecule has 0 aromatic carbocycles. The zero-order valence-electron chi connectivity index (χ0n) is 15.1. The molecule has 0 N–H and O–H groups in total. The molecule has 2 fully saturated rings. The van der Waals surface area contributed by atoms with E-state index in [0.29, 0.717) is 12.0 Å². The topological polar surface area (TPSA) is 58.0 Å². The van der Waals surface area contributed by atoms with Gasteiger partial charge in [-0.15, -0.1) is 0 Å². The Morgan fingerprint density at radius 3 is 2.56 bits per heavy atom. The zero-order valence-corrected chi connectivity index (χ0v) is 15.1. The van der Waals surface area contributed by atoms with Crippen molar-refractivity contribution in [2.75, 3.05) is 29.9 Å². The van der Waals surface area contributed by atoms with Crippen molar-refractivity contribution in [2.24, 2.45) is 0 Å². The van der Waals surface area contributed by atoms with Crippen molar-refractivity contribution in [3.8, 4) is 0 Å². The average molecular weight is 338 g/mol. The Morgan fingerprint density at radius 1 is 1.08 bits per heavy atom. The lowest BCUT2D eigenvalue weighted by Crippen LogP contribution is -2.44. The Balaban J connectivity index is 1.39. The monoisotopic (exact) mass is 338 g/mol. The maximum atomic E-state index is 4.84. The molecular formula is C19H26N6. The van der Waals surface area contributed by atoms with E-state index in [0.717, 1.165) is 49.1 Å². The van der Waals surface area contributed by atoms with E-state index in [2.05, 4.69) is 43.9 Å². The van der Waals surface area contributed by atoms with Crippen LogP contribution in [0.1, 0.15) is 49.5 Å². The Hall–Kier alpha value is -2.24.